The fourth-order valence-electron chi connectivity index (χ4n) is 3.36. The van der Waals surface area contributed by atoms with Crippen molar-refractivity contribution >= 4 is 46.7 Å². The Morgan fingerprint density at radius 3 is 2.21 bits per heavy atom. The Labute approximate surface area is 207 Å². The number of esters is 1. The fraction of sp³-hybridized carbons (Fsp3) is 0.391. The summed E-state index contributed by atoms with van der Waals surface area (Å²) >= 11 is 17.3. The predicted molar refractivity (Wildman–Crippen MR) is 125 cm³/mol. The minimum atomic E-state index is -2.16. The van der Waals surface area contributed by atoms with E-state index in [-0.39, 0.29) is 12.2 Å². The van der Waals surface area contributed by atoms with Crippen LogP contribution >= 0.6 is 34.8 Å². The molecule has 1 fully saturated rings. The van der Waals surface area contributed by atoms with E-state index in [4.69, 9.17) is 59.2 Å². The van der Waals surface area contributed by atoms with E-state index >= 15 is 0 Å². The van der Waals surface area contributed by atoms with Gasteiger partial charge in [0.25, 0.3) is 3.79 Å². The molecule has 0 bridgehead atoms. The molecule has 0 saturated carbocycles. The molecule has 0 spiro atoms. The van der Waals surface area contributed by atoms with Crippen LogP contribution in [0.1, 0.15) is 29.3 Å². The van der Waals surface area contributed by atoms with Gasteiger partial charge in [0.15, 0.2) is 6.10 Å². The molecule has 2 N–H and O–H groups in total. The standard InChI is InChI=1S/C23H24Cl3NO6/c1-2-16-17(28)18(30-13-14-9-5-3-6-10-14)19(21(31-16)33-22(27)23(24,25)26)32-20(29)15-11-7-4-8-12-15/h3-12,16-19,21,27-28H,2,13H2,1H3/t16?,17-,18?,19?,21+/m1/s1. The average molecular weight is 517 g/mol. The van der Waals surface area contributed by atoms with Crippen LogP contribution in [-0.4, -0.2) is 51.5 Å². The minimum absolute atomic E-state index is 0.132. The normalized spacial score (nSPS) is 25.3. The Hall–Kier alpha value is -1.87. The number of nitrogens with one attached hydrogen (secondary N) is 1. The zero-order chi connectivity index (χ0) is 24.0. The highest BCUT2D eigenvalue weighted by Crippen LogP contribution is 2.33. The Morgan fingerprint density at radius 1 is 1.03 bits per heavy atom. The smallest absolute Gasteiger partial charge is 0.338 e. The summed E-state index contributed by atoms with van der Waals surface area (Å²) < 4.78 is 20.8. The maximum absolute atomic E-state index is 12.8. The maximum Gasteiger partial charge on any atom is 0.338 e. The summed E-state index contributed by atoms with van der Waals surface area (Å²) in [6.07, 6.45) is -5.13. The van der Waals surface area contributed by atoms with Crippen LogP contribution in [0.5, 0.6) is 0 Å². The molecule has 0 radical (unpaired) electrons. The van der Waals surface area contributed by atoms with Crippen LogP contribution in [0.25, 0.3) is 0 Å². The number of aliphatic hydroxyl groups is 1. The second-order valence-corrected chi connectivity index (χ2v) is 9.66. The first kappa shape index (κ1) is 25.7. The van der Waals surface area contributed by atoms with E-state index in [9.17, 15) is 9.90 Å². The van der Waals surface area contributed by atoms with Crippen molar-refractivity contribution in [2.24, 2.45) is 0 Å². The largest absolute Gasteiger partial charge is 0.449 e. The number of hydrogen-bond acceptors (Lipinski definition) is 7. The summed E-state index contributed by atoms with van der Waals surface area (Å²) in [5, 5.41) is 18.9. The monoisotopic (exact) mass is 515 g/mol. The van der Waals surface area contributed by atoms with Crippen LogP contribution < -0.4 is 0 Å². The second kappa shape index (κ2) is 11.5. The lowest BCUT2D eigenvalue weighted by Gasteiger charge is -2.43. The highest BCUT2D eigenvalue weighted by molar-refractivity contribution is 6.76. The van der Waals surface area contributed by atoms with Crippen molar-refractivity contribution in [3.63, 3.8) is 0 Å². The minimum Gasteiger partial charge on any atom is -0.449 e. The maximum atomic E-state index is 12.8. The molecule has 0 aliphatic carbocycles. The van der Waals surface area contributed by atoms with Gasteiger partial charge in [-0.25, -0.2) is 4.79 Å². The van der Waals surface area contributed by atoms with Gasteiger partial charge >= 0.3 is 5.97 Å². The molecular formula is C23H24Cl3NO6. The molecule has 0 amide bonds. The third-order valence-electron chi connectivity index (χ3n) is 5.05. The van der Waals surface area contributed by atoms with Crippen molar-refractivity contribution in [1.29, 1.82) is 5.41 Å². The lowest BCUT2D eigenvalue weighted by atomic mass is 9.96. The van der Waals surface area contributed by atoms with Crippen molar-refractivity contribution < 1.29 is 28.8 Å². The number of hydrogen-bond donors (Lipinski definition) is 2. The first-order valence-corrected chi connectivity index (χ1v) is 11.4. The number of rotatable bonds is 7. The predicted octanol–water partition coefficient (Wildman–Crippen LogP) is 4.66. The molecule has 0 aromatic heterocycles. The zero-order valence-corrected chi connectivity index (χ0v) is 20.0. The van der Waals surface area contributed by atoms with Gasteiger partial charge in [-0.3, -0.25) is 5.41 Å². The molecule has 5 atom stereocenters. The van der Waals surface area contributed by atoms with Crippen LogP contribution in [-0.2, 0) is 25.6 Å². The number of halogens is 3. The van der Waals surface area contributed by atoms with Crippen LogP contribution in [0.3, 0.4) is 0 Å². The van der Waals surface area contributed by atoms with Crippen LogP contribution in [0.4, 0.5) is 0 Å². The van der Waals surface area contributed by atoms with Gasteiger partial charge in [-0.2, -0.15) is 0 Å². The first-order chi connectivity index (χ1) is 15.7. The quantitative estimate of drug-likeness (QED) is 0.240. The van der Waals surface area contributed by atoms with Crippen LogP contribution in [0, 0.1) is 5.41 Å². The fourth-order valence-corrected chi connectivity index (χ4v) is 3.49. The Kier molecular flexibility index (Phi) is 8.98. The number of carbonyl (C=O) groups is 1. The molecule has 2 aromatic carbocycles. The summed E-state index contributed by atoms with van der Waals surface area (Å²) in [4.78, 5) is 12.8. The van der Waals surface area contributed by atoms with E-state index in [0.717, 1.165) is 5.56 Å². The SMILES string of the molecule is CCC1O[C@@H](OC(=N)C(Cl)(Cl)Cl)C(OC(=O)c2ccccc2)C(OCc2ccccc2)[C@@H]1O. The number of ether oxygens (including phenoxy) is 4. The van der Waals surface area contributed by atoms with E-state index in [1.165, 1.54) is 0 Å². The van der Waals surface area contributed by atoms with Crippen molar-refractivity contribution in [2.75, 3.05) is 0 Å². The van der Waals surface area contributed by atoms with Gasteiger partial charge in [-0.15, -0.1) is 0 Å². The molecule has 3 rings (SSSR count). The second-order valence-electron chi connectivity index (χ2n) is 7.38. The zero-order valence-electron chi connectivity index (χ0n) is 17.7. The van der Waals surface area contributed by atoms with E-state index in [1.807, 2.05) is 30.3 Å². The first-order valence-electron chi connectivity index (χ1n) is 10.3. The van der Waals surface area contributed by atoms with E-state index in [2.05, 4.69) is 0 Å². The number of benzene rings is 2. The molecule has 1 heterocycles. The third-order valence-corrected chi connectivity index (χ3v) is 5.57. The van der Waals surface area contributed by atoms with Gasteiger partial charge in [0.05, 0.1) is 18.3 Å². The summed E-state index contributed by atoms with van der Waals surface area (Å²) in [6, 6.07) is 17.6. The molecule has 2 aromatic rings. The van der Waals surface area contributed by atoms with E-state index in [1.54, 1.807) is 37.3 Å². The van der Waals surface area contributed by atoms with Crippen molar-refractivity contribution in [2.45, 2.75) is 54.4 Å². The summed E-state index contributed by atoms with van der Waals surface area (Å²) in [7, 11) is 0. The van der Waals surface area contributed by atoms with Crippen LogP contribution in [0.15, 0.2) is 60.7 Å². The Morgan fingerprint density at radius 2 is 1.64 bits per heavy atom. The summed E-state index contributed by atoms with van der Waals surface area (Å²) in [5.74, 6) is -1.40. The lowest BCUT2D eigenvalue weighted by molar-refractivity contribution is -0.286. The highest BCUT2D eigenvalue weighted by atomic mass is 35.6. The van der Waals surface area contributed by atoms with Crippen molar-refractivity contribution in [3.05, 3.63) is 71.8 Å². The van der Waals surface area contributed by atoms with Crippen molar-refractivity contribution in [3.8, 4) is 0 Å². The molecule has 10 heteroatoms. The molecule has 1 saturated heterocycles. The molecule has 178 valence electrons. The van der Waals surface area contributed by atoms with Gasteiger partial charge < -0.3 is 24.1 Å². The van der Waals surface area contributed by atoms with Crippen LogP contribution in [0.2, 0.25) is 0 Å². The number of carbonyl (C=O) groups excluding carboxylic acids is 1. The van der Waals surface area contributed by atoms with Gasteiger partial charge in [0, 0.05) is 0 Å². The molecule has 33 heavy (non-hydrogen) atoms. The highest BCUT2D eigenvalue weighted by Gasteiger charge is 2.50. The number of aliphatic hydroxyl groups excluding tert-OH is 1. The average Bonchev–Trinajstić information content (AvgIpc) is 2.80. The van der Waals surface area contributed by atoms with Gasteiger partial charge in [0.1, 0.15) is 12.2 Å². The molecule has 1 aliphatic heterocycles. The topological polar surface area (TPSA) is 98.1 Å². The summed E-state index contributed by atoms with van der Waals surface area (Å²) in [5.41, 5.74) is 1.13. The van der Waals surface area contributed by atoms with Gasteiger partial charge in [0.2, 0.25) is 12.2 Å². The molecular weight excluding hydrogens is 493 g/mol. The summed E-state index contributed by atoms with van der Waals surface area (Å²) in [6.45, 7) is 1.93. The molecule has 7 nitrogen and oxygen atoms in total. The molecule has 1 aliphatic rings. The van der Waals surface area contributed by atoms with E-state index in [0.29, 0.717) is 6.42 Å². The Balaban J connectivity index is 1.89. The van der Waals surface area contributed by atoms with Crippen molar-refractivity contribution in [1.82, 2.24) is 0 Å². The van der Waals surface area contributed by atoms with Gasteiger partial charge in [-0.1, -0.05) is 90.3 Å². The van der Waals surface area contributed by atoms with Gasteiger partial charge in [-0.05, 0) is 24.1 Å². The molecule has 3 unspecified atom stereocenters. The Bertz CT molecular complexity index is 925. The third kappa shape index (κ3) is 6.82. The van der Waals surface area contributed by atoms with E-state index < -0.39 is 46.4 Å². The number of alkyl halides is 3. The lowest BCUT2D eigenvalue weighted by Crippen LogP contribution is -2.61.